The number of amides is 2. The lowest BCUT2D eigenvalue weighted by atomic mass is 10.1. The lowest BCUT2D eigenvalue weighted by Gasteiger charge is -2.32. The molecule has 1 atom stereocenters. The molecule has 220 valence electrons. The highest BCUT2D eigenvalue weighted by atomic mass is 32.2. The van der Waals surface area contributed by atoms with E-state index in [4.69, 9.17) is 14.2 Å². The number of ether oxygens (including phenoxy) is 3. The van der Waals surface area contributed by atoms with E-state index in [0.717, 1.165) is 4.31 Å². The van der Waals surface area contributed by atoms with Gasteiger partial charge in [-0.25, -0.2) is 8.42 Å². The molecule has 0 radical (unpaired) electrons. The molecule has 3 aromatic rings. The molecule has 1 N–H and O–H groups in total. The van der Waals surface area contributed by atoms with E-state index >= 15 is 0 Å². The van der Waals surface area contributed by atoms with Crippen LogP contribution in [0, 0.1) is 0 Å². The number of hydrogen-bond donors (Lipinski definition) is 1. The number of carbonyl (C=O) groups is 2. The molecule has 0 spiro atoms. The second-order valence-corrected chi connectivity index (χ2v) is 11.4. The fourth-order valence-electron chi connectivity index (χ4n) is 4.18. The molecule has 0 aliphatic heterocycles. The van der Waals surface area contributed by atoms with Crippen LogP contribution in [0.3, 0.4) is 0 Å². The number of methoxy groups -OCH3 is 3. The van der Waals surface area contributed by atoms with Gasteiger partial charge in [0.2, 0.25) is 11.8 Å². The van der Waals surface area contributed by atoms with E-state index in [-0.39, 0.29) is 34.8 Å². The zero-order valence-electron chi connectivity index (χ0n) is 24.2. The van der Waals surface area contributed by atoms with Gasteiger partial charge < -0.3 is 24.4 Å². The number of sulfonamides is 1. The molecule has 2 amide bonds. The lowest BCUT2D eigenvalue weighted by molar-refractivity contribution is -0.139. The molecule has 0 bridgehead atoms. The molecule has 10 nitrogen and oxygen atoms in total. The minimum atomic E-state index is -4.26. The number of anilines is 1. The maximum atomic E-state index is 14.1. The molecule has 0 aromatic heterocycles. The van der Waals surface area contributed by atoms with E-state index in [9.17, 15) is 18.0 Å². The van der Waals surface area contributed by atoms with E-state index in [1.165, 1.54) is 44.4 Å². The van der Waals surface area contributed by atoms with Crippen molar-refractivity contribution in [2.75, 3.05) is 32.2 Å². The summed E-state index contributed by atoms with van der Waals surface area (Å²) >= 11 is 0. The first-order valence-corrected chi connectivity index (χ1v) is 14.5. The van der Waals surface area contributed by atoms with Gasteiger partial charge in [0.05, 0.1) is 31.9 Å². The third-order valence-electron chi connectivity index (χ3n) is 6.35. The first kappa shape index (κ1) is 31.3. The summed E-state index contributed by atoms with van der Waals surface area (Å²) in [6, 6.07) is 18.5. The molecule has 41 heavy (non-hydrogen) atoms. The zero-order chi connectivity index (χ0) is 30.2. The van der Waals surface area contributed by atoms with Crippen molar-refractivity contribution in [1.82, 2.24) is 10.2 Å². The van der Waals surface area contributed by atoms with Crippen molar-refractivity contribution in [3.63, 3.8) is 0 Å². The quantitative estimate of drug-likeness (QED) is 0.325. The standard InChI is InChI=1S/C30H37N3O7S/c1-21(2)31-30(35)22(3)32(19-23-11-10-12-24(17-23)38-4)29(34)20-33(41(36,37)26-13-8-7-9-14-26)27-18-25(39-5)15-16-28(27)40-6/h7-18,21-22H,19-20H2,1-6H3,(H,31,35)/t22-/m0/s1. The number of carbonyl (C=O) groups excluding carboxylic acids is 2. The molecule has 11 heteroatoms. The summed E-state index contributed by atoms with van der Waals surface area (Å²) in [4.78, 5) is 28.5. The number of rotatable bonds is 13. The van der Waals surface area contributed by atoms with Crippen LogP contribution in [0.25, 0.3) is 0 Å². The van der Waals surface area contributed by atoms with Crippen molar-refractivity contribution in [2.45, 2.75) is 44.3 Å². The van der Waals surface area contributed by atoms with Gasteiger partial charge in [-0.2, -0.15) is 0 Å². The van der Waals surface area contributed by atoms with Gasteiger partial charge in [-0.1, -0.05) is 30.3 Å². The summed E-state index contributed by atoms with van der Waals surface area (Å²) in [7, 11) is 0.144. The molecule has 0 saturated carbocycles. The second kappa shape index (κ2) is 13.9. The van der Waals surface area contributed by atoms with Gasteiger partial charge in [0.15, 0.2) is 0 Å². The second-order valence-electron chi connectivity index (χ2n) is 9.57. The summed E-state index contributed by atoms with van der Waals surface area (Å²) in [5, 5.41) is 2.83. The highest BCUT2D eigenvalue weighted by Gasteiger charge is 2.34. The average molecular weight is 584 g/mol. The fraction of sp³-hybridized carbons (Fsp3) is 0.333. The Hall–Kier alpha value is -4.25. The van der Waals surface area contributed by atoms with Crippen molar-refractivity contribution >= 4 is 27.5 Å². The van der Waals surface area contributed by atoms with Crippen LogP contribution in [-0.4, -0.2) is 65.1 Å². The lowest BCUT2D eigenvalue weighted by Crippen LogP contribution is -2.52. The van der Waals surface area contributed by atoms with Crippen molar-refractivity contribution < 1.29 is 32.2 Å². The molecule has 0 aliphatic carbocycles. The van der Waals surface area contributed by atoms with Gasteiger partial charge in [-0.05, 0) is 62.7 Å². The van der Waals surface area contributed by atoms with Crippen LogP contribution in [-0.2, 0) is 26.2 Å². The molecule has 3 rings (SSSR count). The Morgan fingerprint density at radius 2 is 1.49 bits per heavy atom. The molecular formula is C30H37N3O7S. The Kier molecular flexibility index (Phi) is 10.6. The zero-order valence-corrected chi connectivity index (χ0v) is 25.0. The molecule has 3 aromatic carbocycles. The van der Waals surface area contributed by atoms with Crippen molar-refractivity contribution in [3.05, 3.63) is 78.4 Å². The van der Waals surface area contributed by atoms with E-state index in [0.29, 0.717) is 17.1 Å². The van der Waals surface area contributed by atoms with E-state index < -0.39 is 28.5 Å². The maximum Gasteiger partial charge on any atom is 0.264 e. The predicted molar refractivity (Wildman–Crippen MR) is 157 cm³/mol. The van der Waals surface area contributed by atoms with E-state index in [1.807, 2.05) is 13.8 Å². The first-order chi connectivity index (χ1) is 19.5. The number of benzene rings is 3. The summed E-state index contributed by atoms with van der Waals surface area (Å²) < 4.78 is 45.2. The van der Waals surface area contributed by atoms with Crippen molar-refractivity contribution in [3.8, 4) is 17.2 Å². The molecule has 0 heterocycles. The van der Waals surface area contributed by atoms with Gasteiger partial charge in [0.1, 0.15) is 29.8 Å². The van der Waals surface area contributed by atoms with Crippen LogP contribution in [0.5, 0.6) is 17.2 Å². The molecule has 0 fully saturated rings. The predicted octanol–water partition coefficient (Wildman–Crippen LogP) is 3.85. The van der Waals surface area contributed by atoms with Gasteiger partial charge >= 0.3 is 0 Å². The fourth-order valence-corrected chi connectivity index (χ4v) is 5.62. The Morgan fingerprint density at radius 1 is 0.829 bits per heavy atom. The van der Waals surface area contributed by atoms with Crippen LogP contribution in [0.2, 0.25) is 0 Å². The van der Waals surface area contributed by atoms with Crippen LogP contribution in [0.1, 0.15) is 26.3 Å². The Bertz CT molecular complexity index is 1450. The first-order valence-electron chi connectivity index (χ1n) is 13.0. The van der Waals surface area contributed by atoms with Gasteiger partial charge in [0, 0.05) is 18.7 Å². The largest absolute Gasteiger partial charge is 0.497 e. The van der Waals surface area contributed by atoms with Crippen molar-refractivity contribution in [2.24, 2.45) is 0 Å². The van der Waals surface area contributed by atoms with E-state index in [1.54, 1.807) is 61.5 Å². The third-order valence-corrected chi connectivity index (χ3v) is 8.12. The minimum Gasteiger partial charge on any atom is -0.497 e. The number of nitrogens with zero attached hydrogens (tertiary/aromatic N) is 2. The highest BCUT2D eigenvalue weighted by Crippen LogP contribution is 2.36. The Balaban J connectivity index is 2.12. The Morgan fingerprint density at radius 3 is 2.10 bits per heavy atom. The van der Waals surface area contributed by atoms with Gasteiger partial charge in [-0.15, -0.1) is 0 Å². The van der Waals surface area contributed by atoms with E-state index in [2.05, 4.69) is 5.32 Å². The maximum absolute atomic E-state index is 14.1. The van der Waals surface area contributed by atoms with Crippen LogP contribution >= 0.6 is 0 Å². The highest BCUT2D eigenvalue weighted by molar-refractivity contribution is 7.92. The van der Waals surface area contributed by atoms with Crippen LogP contribution in [0.15, 0.2) is 77.7 Å². The minimum absolute atomic E-state index is 0.0115. The molecule has 0 aliphatic rings. The molecular weight excluding hydrogens is 546 g/mol. The number of nitrogens with one attached hydrogen (secondary N) is 1. The topological polar surface area (TPSA) is 114 Å². The van der Waals surface area contributed by atoms with Gasteiger partial charge in [0.25, 0.3) is 10.0 Å². The SMILES string of the molecule is COc1cccc(CN(C(=O)CN(c2cc(OC)ccc2OC)S(=O)(=O)c2ccccc2)[C@@H](C)C(=O)NC(C)C)c1. The van der Waals surface area contributed by atoms with Crippen molar-refractivity contribution in [1.29, 1.82) is 0 Å². The Labute approximate surface area is 241 Å². The molecule has 0 saturated heterocycles. The number of hydrogen-bond acceptors (Lipinski definition) is 7. The van der Waals surface area contributed by atoms with Crippen LogP contribution < -0.4 is 23.8 Å². The van der Waals surface area contributed by atoms with Gasteiger partial charge in [-0.3, -0.25) is 13.9 Å². The summed E-state index contributed by atoms with van der Waals surface area (Å²) in [6.07, 6.45) is 0. The smallest absolute Gasteiger partial charge is 0.264 e. The normalized spacial score (nSPS) is 11.9. The average Bonchev–Trinajstić information content (AvgIpc) is 2.97. The third kappa shape index (κ3) is 7.69. The summed E-state index contributed by atoms with van der Waals surface area (Å²) in [5.41, 5.74) is 0.822. The molecule has 0 unspecified atom stereocenters. The summed E-state index contributed by atoms with van der Waals surface area (Å²) in [6.45, 7) is 4.68. The monoisotopic (exact) mass is 583 g/mol. The summed E-state index contributed by atoms with van der Waals surface area (Å²) in [5.74, 6) is 0.224. The van der Waals surface area contributed by atoms with Crippen LogP contribution in [0.4, 0.5) is 5.69 Å².